The first-order valence-electron chi connectivity index (χ1n) is 6.54. The maximum Gasteiger partial charge on any atom is 0.274 e. The first-order chi connectivity index (χ1) is 10.0. The second-order valence-electron chi connectivity index (χ2n) is 4.59. The Morgan fingerprint density at radius 2 is 1.95 bits per heavy atom. The average Bonchev–Trinajstić information content (AvgIpc) is 2.48. The summed E-state index contributed by atoms with van der Waals surface area (Å²) >= 11 is 0. The van der Waals surface area contributed by atoms with E-state index in [0.717, 1.165) is 0 Å². The Hall–Kier alpha value is -2.76. The topological polar surface area (TPSA) is 95.6 Å². The van der Waals surface area contributed by atoms with Gasteiger partial charge < -0.3 is 15.5 Å². The van der Waals surface area contributed by atoms with Crippen LogP contribution in [0.15, 0.2) is 36.4 Å². The quantitative estimate of drug-likeness (QED) is 0.446. The van der Waals surface area contributed by atoms with Crippen LogP contribution in [0.4, 0.5) is 11.4 Å². The van der Waals surface area contributed by atoms with Crippen molar-refractivity contribution in [1.82, 2.24) is 0 Å². The molecule has 0 fully saturated rings. The van der Waals surface area contributed by atoms with Gasteiger partial charge in [0.05, 0.1) is 4.92 Å². The van der Waals surface area contributed by atoms with E-state index in [2.05, 4.69) is 5.32 Å². The molecule has 0 saturated carbocycles. The highest BCUT2D eigenvalue weighted by Gasteiger charge is 2.13. The fourth-order valence-corrected chi connectivity index (χ4v) is 2.06. The van der Waals surface area contributed by atoms with Crippen molar-refractivity contribution in [3.63, 3.8) is 0 Å². The van der Waals surface area contributed by atoms with Crippen LogP contribution in [0, 0.1) is 10.1 Å². The summed E-state index contributed by atoms with van der Waals surface area (Å²) in [4.78, 5) is 10.6. The smallest absolute Gasteiger partial charge is 0.274 e. The van der Waals surface area contributed by atoms with Crippen LogP contribution in [0.1, 0.15) is 18.1 Å². The molecular formula is C15H16N2O4. The normalized spacial score (nSPS) is 10.3. The third kappa shape index (κ3) is 3.22. The van der Waals surface area contributed by atoms with Crippen LogP contribution in [0.3, 0.4) is 0 Å². The Balaban J connectivity index is 2.19. The molecule has 110 valence electrons. The fourth-order valence-electron chi connectivity index (χ4n) is 2.06. The lowest BCUT2D eigenvalue weighted by Gasteiger charge is -2.10. The standard InChI is InChI=1S/C15H16N2O4/c1-2-10-6-7-12(8-13(10)17(20)21)16-9-11-4-3-5-14(18)15(11)19/h3-8,16,18-19H,2,9H2,1H3. The van der Waals surface area contributed by atoms with Crippen molar-refractivity contribution in [1.29, 1.82) is 0 Å². The molecule has 2 aromatic rings. The maximum atomic E-state index is 11.0. The fraction of sp³-hybridized carbons (Fsp3) is 0.200. The van der Waals surface area contributed by atoms with Gasteiger partial charge in [-0.2, -0.15) is 0 Å². The number of nitro benzene ring substituents is 1. The lowest BCUT2D eigenvalue weighted by Crippen LogP contribution is -2.02. The number of para-hydroxylation sites is 1. The molecule has 0 spiro atoms. The number of anilines is 1. The molecule has 0 aromatic heterocycles. The number of phenolic OH excluding ortho intramolecular Hbond substituents is 2. The molecule has 0 heterocycles. The minimum atomic E-state index is -0.407. The zero-order chi connectivity index (χ0) is 15.4. The van der Waals surface area contributed by atoms with Gasteiger partial charge in [0.1, 0.15) is 0 Å². The Kier molecular flexibility index (Phi) is 4.27. The Morgan fingerprint density at radius 3 is 2.62 bits per heavy atom. The lowest BCUT2D eigenvalue weighted by molar-refractivity contribution is -0.385. The van der Waals surface area contributed by atoms with Crippen LogP contribution in [0.2, 0.25) is 0 Å². The first-order valence-corrected chi connectivity index (χ1v) is 6.54. The number of nitrogens with one attached hydrogen (secondary N) is 1. The Bertz CT molecular complexity index is 671. The van der Waals surface area contributed by atoms with E-state index in [1.54, 1.807) is 24.3 Å². The molecule has 0 radical (unpaired) electrons. The second-order valence-corrected chi connectivity index (χ2v) is 4.59. The van der Waals surface area contributed by atoms with Gasteiger partial charge in [-0.25, -0.2) is 0 Å². The van der Waals surface area contributed by atoms with Crippen LogP contribution in [-0.4, -0.2) is 15.1 Å². The molecule has 6 nitrogen and oxygen atoms in total. The molecule has 0 unspecified atom stereocenters. The molecule has 0 aliphatic carbocycles. The van der Waals surface area contributed by atoms with Crippen LogP contribution in [0.5, 0.6) is 11.5 Å². The van der Waals surface area contributed by atoms with Crippen molar-refractivity contribution in [2.45, 2.75) is 19.9 Å². The Morgan fingerprint density at radius 1 is 1.19 bits per heavy atom. The number of benzene rings is 2. The first kappa shape index (κ1) is 14.6. The Labute approximate surface area is 121 Å². The molecule has 3 N–H and O–H groups in total. The van der Waals surface area contributed by atoms with Gasteiger partial charge in [-0.3, -0.25) is 10.1 Å². The van der Waals surface area contributed by atoms with Gasteiger partial charge in [0, 0.05) is 29.4 Å². The summed E-state index contributed by atoms with van der Waals surface area (Å²) in [5.41, 5.74) is 1.84. The van der Waals surface area contributed by atoms with Crippen molar-refractivity contribution < 1.29 is 15.1 Å². The summed E-state index contributed by atoms with van der Waals surface area (Å²) < 4.78 is 0. The lowest BCUT2D eigenvalue weighted by atomic mass is 10.1. The molecule has 0 atom stereocenters. The predicted molar refractivity (Wildman–Crippen MR) is 79.6 cm³/mol. The predicted octanol–water partition coefficient (Wildman–Crippen LogP) is 3.18. The number of hydrogen-bond acceptors (Lipinski definition) is 5. The zero-order valence-electron chi connectivity index (χ0n) is 11.5. The largest absolute Gasteiger partial charge is 0.504 e. The van der Waals surface area contributed by atoms with E-state index in [1.807, 2.05) is 6.92 Å². The molecule has 6 heteroatoms. The van der Waals surface area contributed by atoms with Crippen LogP contribution in [-0.2, 0) is 13.0 Å². The molecule has 0 saturated heterocycles. The third-order valence-electron chi connectivity index (χ3n) is 3.24. The van der Waals surface area contributed by atoms with Crippen molar-refractivity contribution in [3.05, 3.63) is 57.6 Å². The molecule has 2 aromatic carbocycles. The van der Waals surface area contributed by atoms with E-state index in [9.17, 15) is 20.3 Å². The van der Waals surface area contributed by atoms with E-state index >= 15 is 0 Å². The second kappa shape index (κ2) is 6.13. The van der Waals surface area contributed by atoms with Crippen LogP contribution in [0.25, 0.3) is 0 Å². The number of nitro groups is 1. The number of aryl methyl sites for hydroxylation is 1. The third-order valence-corrected chi connectivity index (χ3v) is 3.24. The van der Waals surface area contributed by atoms with Crippen molar-refractivity contribution >= 4 is 11.4 Å². The van der Waals surface area contributed by atoms with E-state index < -0.39 is 4.92 Å². The minimum Gasteiger partial charge on any atom is -0.504 e. The number of aromatic hydroxyl groups is 2. The van der Waals surface area contributed by atoms with Crippen molar-refractivity contribution in [3.8, 4) is 11.5 Å². The highest BCUT2D eigenvalue weighted by Crippen LogP contribution is 2.29. The average molecular weight is 288 g/mol. The molecule has 0 aliphatic heterocycles. The van der Waals surface area contributed by atoms with Gasteiger partial charge in [0.2, 0.25) is 0 Å². The van der Waals surface area contributed by atoms with Crippen LogP contribution >= 0.6 is 0 Å². The van der Waals surface area contributed by atoms with Crippen LogP contribution < -0.4 is 5.32 Å². The van der Waals surface area contributed by atoms with Gasteiger partial charge in [0.15, 0.2) is 11.5 Å². The highest BCUT2D eigenvalue weighted by molar-refractivity contribution is 5.56. The van der Waals surface area contributed by atoms with Crippen molar-refractivity contribution in [2.75, 3.05) is 5.32 Å². The number of hydrogen-bond donors (Lipinski definition) is 3. The van der Waals surface area contributed by atoms with Gasteiger partial charge in [0.25, 0.3) is 5.69 Å². The minimum absolute atomic E-state index is 0.0719. The van der Waals surface area contributed by atoms with E-state index in [0.29, 0.717) is 23.2 Å². The molecule has 0 bridgehead atoms. The molecule has 0 amide bonds. The van der Waals surface area contributed by atoms with E-state index in [4.69, 9.17) is 0 Å². The summed E-state index contributed by atoms with van der Waals surface area (Å²) in [7, 11) is 0. The molecule has 2 rings (SSSR count). The highest BCUT2D eigenvalue weighted by atomic mass is 16.6. The van der Waals surface area contributed by atoms with E-state index in [1.165, 1.54) is 12.1 Å². The zero-order valence-corrected chi connectivity index (χ0v) is 11.5. The molecule has 21 heavy (non-hydrogen) atoms. The summed E-state index contributed by atoms with van der Waals surface area (Å²) in [6.45, 7) is 2.11. The molecular weight excluding hydrogens is 272 g/mol. The summed E-state index contributed by atoms with van der Waals surface area (Å²) in [6.07, 6.45) is 0.587. The van der Waals surface area contributed by atoms with E-state index in [-0.39, 0.29) is 23.7 Å². The van der Waals surface area contributed by atoms with Gasteiger partial charge in [-0.05, 0) is 18.6 Å². The summed E-state index contributed by atoms with van der Waals surface area (Å²) in [5.74, 6) is -0.383. The van der Waals surface area contributed by atoms with Gasteiger partial charge in [-0.1, -0.05) is 25.1 Å². The number of rotatable bonds is 5. The maximum absolute atomic E-state index is 11.0. The molecule has 0 aliphatic rings. The number of nitrogens with zero attached hydrogens (tertiary/aromatic N) is 1. The van der Waals surface area contributed by atoms with Gasteiger partial charge in [-0.15, -0.1) is 0 Å². The van der Waals surface area contributed by atoms with Gasteiger partial charge >= 0.3 is 0 Å². The summed E-state index contributed by atoms with van der Waals surface area (Å²) in [6, 6.07) is 9.61. The summed E-state index contributed by atoms with van der Waals surface area (Å²) in [5, 5.41) is 33.1. The van der Waals surface area contributed by atoms with Crippen molar-refractivity contribution in [2.24, 2.45) is 0 Å². The SMILES string of the molecule is CCc1ccc(NCc2cccc(O)c2O)cc1[N+](=O)[O-]. The number of phenols is 2. The monoisotopic (exact) mass is 288 g/mol.